The summed E-state index contributed by atoms with van der Waals surface area (Å²) in [4.78, 5) is 9.43. The zero-order valence-electron chi connectivity index (χ0n) is 11.2. The highest BCUT2D eigenvalue weighted by molar-refractivity contribution is 7.09. The second-order valence-corrected chi connectivity index (χ2v) is 5.62. The molecule has 1 aromatic carbocycles. The van der Waals surface area contributed by atoms with Gasteiger partial charge in [0.2, 0.25) is 0 Å². The predicted octanol–water partition coefficient (Wildman–Crippen LogP) is 3.56. The molecule has 20 heavy (non-hydrogen) atoms. The van der Waals surface area contributed by atoms with Crippen molar-refractivity contribution in [2.75, 3.05) is 5.32 Å². The third-order valence-electron chi connectivity index (χ3n) is 3.11. The number of nitrogens with one attached hydrogen (secondary N) is 1. The van der Waals surface area contributed by atoms with Crippen LogP contribution in [-0.4, -0.2) is 14.5 Å². The lowest BCUT2D eigenvalue weighted by Crippen LogP contribution is -2.05. The van der Waals surface area contributed by atoms with Crippen LogP contribution in [0.1, 0.15) is 23.4 Å². The molecule has 1 atom stereocenters. The molecule has 0 aliphatic carbocycles. The molecule has 0 saturated heterocycles. The number of nitrogens with zero attached hydrogens (tertiary/aromatic N) is 3. The van der Waals surface area contributed by atoms with Crippen LogP contribution in [0.4, 0.5) is 5.69 Å². The minimum absolute atomic E-state index is 0.269. The minimum Gasteiger partial charge on any atom is -0.378 e. The first-order chi connectivity index (χ1) is 9.81. The summed E-state index contributed by atoms with van der Waals surface area (Å²) in [6.45, 7) is 2.99. The summed E-state index contributed by atoms with van der Waals surface area (Å²) >= 11 is 1.67. The summed E-state index contributed by atoms with van der Waals surface area (Å²) < 4.78 is 2.06. The summed E-state index contributed by atoms with van der Waals surface area (Å²) in [5, 5.41) is 3.51. The number of thiazole rings is 1. The summed E-state index contributed by atoms with van der Waals surface area (Å²) in [6, 6.07) is 8.74. The lowest BCUT2D eigenvalue weighted by atomic mass is 10.2. The van der Waals surface area contributed by atoms with Crippen LogP contribution >= 0.6 is 11.3 Å². The van der Waals surface area contributed by atoms with Gasteiger partial charge in [0, 0.05) is 35.7 Å². The largest absolute Gasteiger partial charge is 0.378 e. The third kappa shape index (κ3) is 3.05. The average Bonchev–Trinajstić information content (AvgIpc) is 3.12. The monoisotopic (exact) mass is 284 g/mol. The van der Waals surface area contributed by atoms with E-state index < -0.39 is 0 Å². The molecule has 0 aliphatic rings. The Labute approximate surface area is 122 Å². The van der Waals surface area contributed by atoms with E-state index in [1.807, 2.05) is 24.2 Å². The molecule has 0 bridgehead atoms. The van der Waals surface area contributed by atoms with E-state index >= 15 is 0 Å². The smallest absolute Gasteiger partial charge is 0.0949 e. The molecule has 0 aliphatic heterocycles. The van der Waals surface area contributed by atoms with Gasteiger partial charge >= 0.3 is 0 Å². The van der Waals surface area contributed by atoms with Crippen molar-refractivity contribution in [3.05, 3.63) is 65.1 Å². The molecule has 2 heterocycles. The summed E-state index contributed by atoms with van der Waals surface area (Å²) in [7, 11) is 0. The second-order valence-electron chi connectivity index (χ2n) is 4.71. The number of imidazole rings is 1. The van der Waals surface area contributed by atoms with Gasteiger partial charge in [-0.25, -0.2) is 4.98 Å². The van der Waals surface area contributed by atoms with Gasteiger partial charge in [-0.2, -0.15) is 0 Å². The molecule has 4 nitrogen and oxygen atoms in total. The molecule has 3 aromatic rings. The van der Waals surface area contributed by atoms with Crippen LogP contribution in [0.15, 0.2) is 54.7 Å². The molecule has 0 saturated carbocycles. The molecule has 1 unspecified atom stereocenters. The van der Waals surface area contributed by atoms with Gasteiger partial charge in [-0.1, -0.05) is 12.1 Å². The number of aromatic nitrogens is 3. The normalized spacial score (nSPS) is 12.2. The fraction of sp³-hybridized carbons (Fsp3) is 0.200. The standard InChI is InChI=1S/C15H16N4S/c1-12(15-8-17-11-20-15)18-14-4-2-3-13(7-14)9-19-6-5-16-10-19/h2-8,10-12,18H,9H2,1H3. The van der Waals surface area contributed by atoms with Crippen molar-refractivity contribution in [1.29, 1.82) is 0 Å². The van der Waals surface area contributed by atoms with Crippen molar-refractivity contribution in [1.82, 2.24) is 14.5 Å². The van der Waals surface area contributed by atoms with Crippen molar-refractivity contribution >= 4 is 17.0 Å². The maximum Gasteiger partial charge on any atom is 0.0949 e. The van der Waals surface area contributed by atoms with E-state index in [1.54, 1.807) is 17.5 Å². The summed E-state index contributed by atoms with van der Waals surface area (Å²) in [6.07, 6.45) is 7.52. The maximum atomic E-state index is 4.12. The van der Waals surface area contributed by atoms with E-state index in [-0.39, 0.29) is 6.04 Å². The highest BCUT2D eigenvalue weighted by Gasteiger charge is 2.07. The number of rotatable bonds is 5. The number of hydrogen-bond acceptors (Lipinski definition) is 4. The first kappa shape index (κ1) is 12.9. The average molecular weight is 284 g/mol. The first-order valence-corrected chi connectivity index (χ1v) is 7.39. The summed E-state index contributed by atoms with van der Waals surface area (Å²) in [5.41, 5.74) is 4.25. The fourth-order valence-electron chi connectivity index (χ4n) is 2.11. The van der Waals surface area contributed by atoms with E-state index in [0.717, 1.165) is 12.2 Å². The Morgan fingerprint density at radius 3 is 3.05 bits per heavy atom. The van der Waals surface area contributed by atoms with Crippen molar-refractivity contribution in [2.45, 2.75) is 19.5 Å². The van der Waals surface area contributed by atoms with E-state index in [4.69, 9.17) is 0 Å². The van der Waals surface area contributed by atoms with Gasteiger partial charge in [-0.05, 0) is 24.6 Å². The van der Waals surface area contributed by atoms with E-state index in [1.165, 1.54) is 10.4 Å². The summed E-state index contributed by atoms with van der Waals surface area (Å²) in [5.74, 6) is 0. The van der Waals surface area contributed by atoms with Gasteiger partial charge in [0.1, 0.15) is 0 Å². The van der Waals surface area contributed by atoms with Crippen molar-refractivity contribution in [2.24, 2.45) is 0 Å². The Bertz CT molecular complexity index is 646. The number of hydrogen-bond donors (Lipinski definition) is 1. The van der Waals surface area contributed by atoms with Gasteiger partial charge in [-0.15, -0.1) is 11.3 Å². The zero-order chi connectivity index (χ0) is 13.8. The molecule has 2 aromatic heterocycles. The van der Waals surface area contributed by atoms with Crippen LogP contribution in [-0.2, 0) is 6.54 Å². The minimum atomic E-state index is 0.269. The van der Waals surface area contributed by atoms with Gasteiger partial charge in [0.15, 0.2) is 0 Å². The Morgan fingerprint density at radius 1 is 1.35 bits per heavy atom. The van der Waals surface area contributed by atoms with Crippen molar-refractivity contribution in [3.63, 3.8) is 0 Å². The van der Waals surface area contributed by atoms with Crippen LogP contribution < -0.4 is 5.32 Å². The van der Waals surface area contributed by atoms with Crippen LogP contribution in [0, 0.1) is 0 Å². The molecular formula is C15H16N4S. The molecule has 3 rings (SSSR count). The SMILES string of the molecule is CC(Nc1cccc(Cn2ccnc2)c1)c1cncs1. The predicted molar refractivity (Wildman–Crippen MR) is 81.9 cm³/mol. The molecule has 0 radical (unpaired) electrons. The highest BCUT2D eigenvalue weighted by Crippen LogP contribution is 2.22. The Balaban J connectivity index is 1.71. The van der Waals surface area contributed by atoms with E-state index in [2.05, 4.69) is 51.0 Å². The number of benzene rings is 1. The Kier molecular flexibility index (Phi) is 3.78. The van der Waals surface area contributed by atoms with E-state index in [0.29, 0.717) is 0 Å². The molecular weight excluding hydrogens is 268 g/mol. The Hall–Kier alpha value is -2.14. The Morgan fingerprint density at radius 2 is 2.30 bits per heavy atom. The quantitative estimate of drug-likeness (QED) is 0.779. The van der Waals surface area contributed by atoms with Crippen LogP contribution in [0.3, 0.4) is 0 Å². The molecule has 0 amide bonds. The lowest BCUT2D eigenvalue weighted by molar-refractivity contribution is 0.797. The van der Waals surface area contributed by atoms with Crippen LogP contribution in [0.2, 0.25) is 0 Å². The highest BCUT2D eigenvalue weighted by atomic mass is 32.1. The second kappa shape index (κ2) is 5.88. The number of anilines is 1. The van der Waals surface area contributed by atoms with Crippen molar-refractivity contribution < 1.29 is 0 Å². The lowest BCUT2D eigenvalue weighted by Gasteiger charge is -2.14. The molecule has 1 N–H and O–H groups in total. The fourth-order valence-corrected chi connectivity index (χ4v) is 2.74. The topological polar surface area (TPSA) is 42.7 Å². The van der Waals surface area contributed by atoms with E-state index in [9.17, 15) is 0 Å². The van der Waals surface area contributed by atoms with Crippen LogP contribution in [0.25, 0.3) is 0 Å². The first-order valence-electron chi connectivity index (χ1n) is 6.51. The maximum absolute atomic E-state index is 4.12. The molecule has 0 spiro atoms. The van der Waals surface area contributed by atoms with Gasteiger partial charge in [0.05, 0.1) is 17.9 Å². The molecule has 5 heteroatoms. The molecule has 102 valence electrons. The van der Waals surface area contributed by atoms with Crippen LogP contribution in [0.5, 0.6) is 0 Å². The van der Waals surface area contributed by atoms with Gasteiger partial charge in [-0.3, -0.25) is 4.98 Å². The zero-order valence-corrected chi connectivity index (χ0v) is 12.0. The van der Waals surface area contributed by atoms with Gasteiger partial charge < -0.3 is 9.88 Å². The molecule has 0 fully saturated rings. The third-order valence-corrected chi connectivity index (χ3v) is 4.07. The van der Waals surface area contributed by atoms with Gasteiger partial charge in [0.25, 0.3) is 0 Å². The van der Waals surface area contributed by atoms with Crippen molar-refractivity contribution in [3.8, 4) is 0 Å².